The molecule has 0 saturated carbocycles. The number of carbonyl (C=O) groups is 1. The lowest BCUT2D eigenvalue weighted by molar-refractivity contribution is 0.0983. The Morgan fingerprint density at radius 1 is 0.875 bits per heavy atom. The molecule has 0 N–H and O–H groups in total. The van der Waals surface area contributed by atoms with Gasteiger partial charge in [-0.25, -0.2) is 0 Å². The molecule has 0 spiro atoms. The number of benzene rings is 3. The number of hydrogen-bond acceptors (Lipinski definition) is 4. The zero-order chi connectivity index (χ0) is 22.1. The minimum atomic E-state index is -0.0177. The molecule has 5 heteroatoms. The second-order valence-electron chi connectivity index (χ2n) is 8.32. The van der Waals surface area contributed by atoms with Crippen molar-refractivity contribution in [3.63, 3.8) is 0 Å². The molecule has 2 aliphatic rings. The topological polar surface area (TPSA) is 42.0 Å². The Hall–Kier alpha value is -3.47. The molecule has 0 aliphatic carbocycles. The van der Waals surface area contributed by atoms with Gasteiger partial charge in [0.1, 0.15) is 0 Å². The Labute approximate surface area is 189 Å². The average molecular weight is 429 g/mol. The number of nitrogens with zero attached hydrogens (tertiary/aromatic N) is 2. The van der Waals surface area contributed by atoms with Crippen molar-refractivity contribution < 1.29 is 14.3 Å². The summed E-state index contributed by atoms with van der Waals surface area (Å²) in [6.07, 6.45) is 3.18. The number of aryl methyl sites for hydroxylation is 1. The van der Waals surface area contributed by atoms with Crippen LogP contribution in [0.25, 0.3) is 0 Å². The third kappa shape index (κ3) is 3.48. The van der Waals surface area contributed by atoms with Crippen molar-refractivity contribution in [1.29, 1.82) is 0 Å². The fourth-order valence-corrected chi connectivity index (χ4v) is 5.09. The highest BCUT2D eigenvalue weighted by Crippen LogP contribution is 2.42. The van der Waals surface area contributed by atoms with E-state index in [1.54, 1.807) is 32.4 Å². The maximum atomic E-state index is 13.5. The van der Waals surface area contributed by atoms with Crippen LogP contribution in [0.15, 0.2) is 66.7 Å². The largest absolute Gasteiger partial charge is 0.493 e. The average Bonchev–Trinajstić information content (AvgIpc) is 2.87. The summed E-state index contributed by atoms with van der Waals surface area (Å²) in [5.74, 6) is 1.16. The first-order valence-corrected chi connectivity index (χ1v) is 11.2. The molecule has 0 fully saturated rings. The number of hydrogen-bond donors (Lipinski definition) is 0. The van der Waals surface area contributed by atoms with Crippen LogP contribution in [0.5, 0.6) is 11.5 Å². The van der Waals surface area contributed by atoms with Crippen molar-refractivity contribution in [1.82, 2.24) is 0 Å². The van der Waals surface area contributed by atoms with Crippen molar-refractivity contribution in [2.45, 2.75) is 25.3 Å². The molecule has 1 atom stereocenters. The molecule has 1 amide bonds. The van der Waals surface area contributed by atoms with Gasteiger partial charge in [0, 0.05) is 30.0 Å². The number of anilines is 2. The van der Waals surface area contributed by atoms with Gasteiger partial charge in [-0.05, 0) is 60.7 Å². The quantitative estimate of drug-likeness (QED) is 0.569. The van der Waals surface area contributed by atoms with Crippen LogP contribution in [-0.2, 0) is 6.42 Å². The number of ether oxygens (including phenoxy) is 2. The van der Waals surface area contributed by atoms with Gasteiger partial charge in [0.2, 0.25) is 0 Å². The summed E-state index contributed by atoms with van der Waals surface area (Å²) in [6.45, 7) is 1.72. The van der Waals surface area contributed by atoms with Gasteiger partial charge in [0.25, 0.3) is 5.91 Å². The predicted molar refractivity (Wildman–Crippen MR) is 127 cm³/mol. The number of methoxy groups -OCH3 is 2. The molecule has 3 aromatic carbocycles. The minimum absolute atomic E-state index is 0.0177. The molecule has 0 aromatic heterocycles. The zero-order valence-corrected chi connectivity index (χ0v) is 18.6. The van der Waals surface area contributed by atoms with Gasteiger partial charge in [-0.2, -0.15) is 0 Å². The van der Waals surface area contributed by atoms with E-state index in [4.69, 9.17) is 9.47 Å². The van der Waals surface area contributed by atoms with E-state index < -0.39 is 0 Å². The van der Waals surface area contributed by atoms with Gasteiger partial charge in [0.05, 0.1) is 20.3 Å². The summed E-state index contributed by atoms with van der Waals surface area (Å²) in [7, 11) is 3.18. The molecular weight excluding hydrogens is 400 g/mol. The molecule has 0 radical (unpaired) electrons. The predicted octanol–water partition coefficient (Wildman–Crippen LogP) is 5.25. The third-order valence-electron chi connectivity index (χ3n) is 6.61. The molecule has 2 heterocycles. The zero-order valence-electron chi connectivity index (χ0n) is 18.6. The van der Waals surface area contributed by atoms with Gasteiger partial charge in [-0.3, -0.25) is 4.79 Å². The summed E-state index contributed by atoms with van der Waals surface area (Å²) in [5, 5.41) is 0. The molecule has 5 rings (SSSR count). The lowest BCUT2D eigenvalue weighted by atomic mass is 9.91. The van der Waals surface area contributed by atoms with Crippen molar-refractivity contribution in [2.75, 3.05) is 37.1 Å². The Morgan fingerprint density at radius 2 is 1.62 bits per heavy atom. The van der Waals surface area contributed by atoms with Crippen LogP contribution in [0.2, 0.25) is 0 Å². The second-order valence-corrected chi connectivity index (χ2v) is 8.32. The first-order valence-electron chi connectivity index (χ1n) is 11.2. The highest BCUT2D eigenvalue weighted by molar-refractivity contribution is 6.07. The fraction of sp³-hybridized carbons (Fsp3) is 0.296. The number of amides is 1. The Morgan fingerprint density at radius 3 is 2.44 bits per heavy atom. The van der Waals surface area contributed by atoms with Gasteiger partial charge >= 0.3 is 0 Å². The van der Waals surface area contributed by atoms with E-state index in [1.807, 2.05) is 11.0 Å². The molecule has 0 saturated heterocycles. The standard InChI is InChI=1S/C27H28N2O3/c1-31-25-14-13-20(18-26(25)32-2)27(30)29-17-15-24(21-10-4-6-12-23(21)29)28-16-7-9-19-8-3-5-11-22(19)28/h3-6,8,10-14,18,24H,7,9,15-17H2,1-2H3. The van der Waals surface area contributed by atoms with Crippen LogP contribution >= 0.6 is 0 Å². The molecule has 1 unspecified atom stereocenters. The van der Waals surface area contributed by atoms with E-state index in [2.05, 4.69) is 47.4 Å². The molecule has 164 valence electrons. The number of rotatable bonds is 4. The van der Waals surface area contributed by atoms with Crippen molar-refractivity contribution >= 4 is 17.3 Å². The lowest BCUT2D eigenvalue weighted by Crippen LogP contribution is -2.42. The molecule has 3 aromatic rings. The number of para-hydroxylation sites is 2. The van der Waals surface area contributed by atoms with Crippen LogP contribution in [0, 0.1) is 0 Å². The first kappa shape index (κ1) is 20.4. The van der Waals surface area contributed by atoms with Gasteiger partial charge < -0.3 is 19.3 Å². The number of fused-ring (bicyclic) bond motifs is 2. The van der Waals surface area contributed by atoms with Crippen molar-refractivity contribution in [2.24, 2.45) is 0 Å². The third-order valence-corrected chi connectivity index (χ3v) is 6.61. The van der Waals surface area contributed by atoms with Gasteiger partial charge in [-0.1, -0.05) is 36.4 Å². The highest BCUT2D eigenvalue weighted by atomic mass is 16.5. The molecule has 2 aliphatic heterocycles. The first-order chi connectivity index (χ1) is 15.7. The number of carbonyl (C=O) groups excluding carboxylic acids is 1. The van der Waals surface area contributed by atoms with Crippen LogP contribution in [0.4, 0.5) is 11.4 Å². The normalized spacial score (nSPS) is 17.4. The van der Waals surface area contributed by atoms with Crippen molar-refractivity contribution in [3.05, 3.63) is 83.4 Å². The van der Waals surface area contributed by atoms with E-state index in [0.717, 1.165) is 31.5 Å². The lowest BCUT2D eigenvalue weighted by Gasteiger charge is -2.43. The van der Waals surface area contributed by atoms with Crippen molar-refractivity contribution in [3.8, 4) is 11.5 Å². The van der Waals surface area contributed by atoms with Crippen LogP contribution in [0.3, 0.4) is 0 Å². The summed E-state index contributed by atoms with van der Waals surface area (Å²) in [6, 6.07) is 22.7. The minimum Gasteiger partial charge on any atom is -0.493 e. The van der Waals surface area contributed by atoms with Crippen LogP contribution < -0.4 is 19.3 Å². The second kappa shape index (κ2) is 8.58. The maximum absolute atomic E-state index is 13.5. The van der Waals surface area contributed by atoms with Gasteiger partial charge in [-0.15, -0.1) is 0 Å². The Bertz CT molecular complexity index is 1140. The maximum Gasteiger partial charge on any atom is 0.258 e. The molecule has 0 bridgehead atoms. The highest BCUT2D eigenvalue weighted by Gasteiger charge is 2.34. The van der Waals surface area contributed by atoms with E-state index in [9.17, 15) is 4.79 Å². The Balaban J connectivity index is 1.49. The fourth-order valence-electron chi connectivity index (χ4n) is 5.09. The molecular formula is C27H28N2O3. The Kier molecular flexibility index (Phi) is 5.48. The van der Waals surface area contributed by atoms with Crippen LogP contribution in [-0.4, -0.2) is 33.2 Å². The SMILES string of the molecule is COc1ccc(C(=O)N2CCC(N3CCCc4ccccc43)c3ccccc32)cc1OC. The smallest absolute Gasteiger partial charge is 0.258 e. The van der Waals surface area contributed by atoms with E-state index in [0.29, 0.717) is 23.6 Å². The summed E-state index contributed by atoms with van der Waals surface area (Å²) in [4.78, 5) is 18.0. The summed E-state index contributed by atoms with van der Waals surface area (Å²) < 4.78 is 10.7. The van der Waals surface area contributed by atoms with E-state index >= 15 is 0 Å². The van der Waals surface area contributed by atoms with Crippen LogP contribution in [0.1, 0.15) is 40.4 Å². The summed E-state index contributed by atoms with van der Waals surface area (Å²) in [5.41, 5.74) is 5.55. The summed E-state index contributed by atoms with van der Waals surface area (Å²) >= 11 is 0. The molecule has 5 nitrogen and oxygen atoms in total. The van der Waals surface area contributed by atoms with Gasteiger partial charge in [0.15, 0.2) is 11.5 Å². The van der Waals surface area contributed by atoms with E-state index in [-0.39, 0.29) is 11.9 Å². The monoisotopic (exact) mass is 428 g/mol. The molecule has 32 heavy (non-hydrogen) atoms. The van der Waals surface area contributed by atoms with E-state index in [1.165, 1.54) is 16.8 Å².